The maximum Gasteiger partial charge on any atom is 0.202 e. The van der Waals surface area contributed by atoms with E-state index in [2.05, 4.69) is 0 Å². The number of aliphatic hydroxyl groups is 3. The molecule has 4 saturated heterocycles. The zero-order chi connectivity index (χ0) is 42.6. The third kappa shape index (κ3) is 7.15. The number of fused-ring (bicyclic) bond motifs is 4. The summed E-state index contributed by atoms with van der Waals surface area (Å²) in [5, 5.41) is 43.1. The fourth-order valence-corrected chi connectivity index (χ4v) is 9.24. The predicted octanol–water partition coefficient (Wildman–Crippen LogP) is 2.66. The molecule has 4 aliphatic heterocycles. The lowest BCUT2D eigenvalue weighted by atomic mass is 9.79. The number of likely N-dealkylation sites (N-methyl/N-ethyl adjacent to an activating group) is 1. The average Bonchev–Trinajstić information content (AvgIpc) is 3.80. The van der Waals surface area contributed by atoms with Crippen LogP contribution in [-0.4, -0.2) is 124 Å². The fraction of sp³-hybridized carbons (Fsp3) is 0.605. The summed E-state index contributed by atoms with van der Waals surface area (Å²) in [6.45, 7) is 10.2. The molecule has 14 atom stereocenters. The number of carbonyl (C=O) groups excluding carboxylic acids is 2. The van der Waals surface area contributed by atoms with Crippen LogP contribution >= 0.6 is 0 Å². The van der Waals surface area contributed by atoms with E-state index < -0.39 is 95.3 Å². The maximum atomic E-state index is 14.8. The van der Waals surface area contributed by atoms with Gasteiger partial charge in [-0.2, -0.15) is 0 Å². The molecule has 0 spiro atoms. The van der Waals surface area contributed by atoms with E-state index in [1.165, 1.54) is 18.2 Å². The first-order chi connectivity index (χ1) is 27.7. The molecule has 4 fully saturated rings. The molecular weight excluding hydrogens is 768 g/mol. The van der Waals surface area contributed by atoms with E-state index in [0.717, 1.165) is 0 Å². The Morgan fingerprint density at radius 3 is 2.22 bits per heavy atom. The average molecular weight is 823 g/mol. The van der Waals surface area contributed by atoms with Crippen molar-refractivity contribution in [3.63, 3.8) is 0 Å². The zero-order valence-corrected chi connectivity index (χ0v) is 34.5. The van der Waals surface area contributed by atoms with Gasteiger partial charge in [-0.3, -0.25) is 14.4 Å². The summed E-state index contributed by atoms with van der Waals surface area (Å²) in [5.74, 6) is -1.53. The minimum atomic E-state index is -1.03. The molecule has 0 amide bonds. The molecular formula is C43H54N2O14. The molecule has 0 bridgehead atoms. The van der Waals surface area contributed by atoms with Gasteiger partial charge in [-0.1, -0.05) is 6.07 Å². The number of phenolic OH excluding ortho intramolecular Hbond substituents is 1. The van der Waals surface area contributed by atoms with Crippen LogP contribution in [0.2, 0.25) is 0 Å². The smallest absolute Gasteiger partial charge is 0.202 e. The van der Waals surface area contributed by atoms with Gasteiger partial charge in [0.25, 0.3) is 0 Å². The van der Waals surface area contributed by atoms with Crippen LogP contribution in [0.15, 0.2) is 33.5 Å². The van der Waals surface area contributed by atoms with E-state index in [9.17, 15) is 34.8 Å². The Balaban J connectivity index is 1.15. The molecule has 1 aliphatic carbocycles. The summed E-state index contributed by atoms with van der Waals surface area (Å²) in [6.07, 6.45) is -7.48. The first-order valence-corrected chi connectivity index (χ1v) is 20.2. The summed E-state index contributed by atoms with van der Waals surface area (Å²) in [6, 6.07) is 5.57. The fourth-order valence-electron chi connectivity index (χ4n) is 9.24. The Morgan fingerprint density at radius 2 is 1.58 bits per heavy atom. The minimum absolute atomic E-state index is 0.0201. The lowest BCUT2D eigenvalue weighted by Gasteiger charge is -2.46. The van der Waals surface area contributed by atoms with Crippen LogP contribution in [-0.2, 0) is 40.6 Å². The molecule has 59 heavy (non-hydrogen) atoms. The topological polar surface area (TPSA) is 233 Å². The molecule has 320 valence electrons. The van der Waals surface area contributed by atoms with Crippen molar-refractivity contribution in [1.29, 1.82) is 0 Å². The lowest BCUT2D eigenvalue weighted by Crippen LogP contribution is -2.60. The lowest BCUT2D eigenvalue weighted by molar-refractivity contribution is -0.287. The Bertz CT molecular complexity index is 2230. The summed E-state index contributed by atoms with van der Waals surface area (Å²) >= 11 is 0. The largest absolute Gasteiger partial charge is 0.507 e. The molecule has 16 nitrogen and oxygen atoms in total. The number of aromatic hydroxyl groups is 1. The number of nitrogens with zero attached hydrogens (tertiary/aromatic N) is 1. The molecule has 5 aliphatic rings. The van der Waals surface area contributed by atoms with Gasteiger partial charge in [-0.15, -0.1) is 0 Å². The van der Waals surface area contributed by atoms with Crippen molar-refractivity contribution in [3.8, 4) is 5.75 Å². The molecule has 0 radical (unpaired) electrons. The first kappa shape index (κ1) is 42.1. The van der Waals surface area contributed by atoms with Gasteiger partial charge >= 0.3 is 0 Å². The number of benzene rings is 2. The molecule has 3 aromatic rings. The number of aliphatic hydroxyl groups excluding tert-OH is 3. The summed E-state index contributed by atoms with van der Waals surface area (Å²) in [7, 11) is 3.76. The van der Waals surface area contributed by atoms with Gasteiger partial charge in [0.15, 0.2) is 29.4 Å². The SMILES string of the molecule is C[C@@H]1O[C@H](O[C@@H]2[C@H](C)O[C@H](c3ccc4c(c3O)C(=O)c3c(cc(CO[C@H]5C[C@](C)(N)[C@@H](O)[C@@H](C)O5)c5c(=O)cc([C@@]6(C)O[C@H]6C)oc35)C4=O)C[C@@H]2N(C)C)C[C@H](O)[C@@H]1O. The molecule has 6 N–H and O–H groups in total. The summed E-state index contributed by atoms with van der Waals surface area (Å²) < 4.78 is 42.9. The number of hydrogen-bond donors (Lipinski definition) is 5. The molecule has 0 saturated carbocycles. The van der Waals surface area contributed by atoms with Gasteiger partial charge < -0.3 is 63.9 Å². The number of ketones is 2. The van der Waals surface area contributed by atoms with E-state index >= 15 is 0 Å². The van der Waals surface area contributed by atoms with Crippen LogP contribution in [0.4, 0.5) is 0 Å². The molecule has 2 aromatic carbocycles. The quantitative estimate of drug-likeness (QED) is 0.161. The van der Waals surface area contributed by atoms with Crippen molar-refractivity contribution in [2.45, 2.75) is 152 Å². The number of phenols is 1. The van der Waals surface area contributed by atoms with E-state index in [4.69, 9.17) is 38.6 Å². The van der Waals surface area contributed by atoms with Gasteiger partial charge in [0.1, 0.15) is 29.3 Å². The maximum absolute atomic E-state index is 14.8. The number of hydrogen-bond acceptors (Lipinski definition) is 16. The monoisotopic (exact) mass is 822 g/mol. The van der Waals surface area contributed by atoms with E-state index in [0.29, 0.717) is 6.42 Å². The van der Waals surface area contributed by atoms with Gasteiger partial charge in [0.2, 0.25) is 5.78 Å². The second-order valence-corrected chi connectivity index (χ2v) is 17.6. The van der Waals surface area contributed by atoms with Crippen molar-refractivity contribution in [1.82, 2.24) is 4.90 Å². The van der Waals surface area contributed by atoms with Crippen molar-refractivity contribution >= 4 is 22.5 Å². The third-order valence-electron chi connectivity index (χ3n) is 13.1. The van der Waals surface area contributed by atoms with Crippen LogP contribution in [0.25, 0.3) is 11.0 Å². The standard InChI is InChI=1S/C43H54N2O14/c1-17-35(48)27(47)14-30(55-17)58-39-18(2)54-28(12-25(39)45(7)8)22-9-10-23-33(37(22)50)38(51)34-24(36(23)49)11-21(16-53-31-15-42(5,44)41(52)19(3)56-31)32-26(46)13-29(57-40(32)34)43(6)20(4)59-43/h9-11,13,17-20,25,27-28,30-31,35,39,41,47-48,50,52H,12,14-16,44H2,1-8H3/t17-,18-,19+,20-,25-,27-,28-,30+,31+,35+,39+,41-,42-,43-/m0/s1. The first-order valence-electron chi connectivity index (χ1n) is 20.2. The van der Waals surface area contributed by atoms with Gasteiger partial charge in [0.05, 0.1) is 65.8 Å². The Morgan fingerprint density at radius 1 is 0.881 bits per heavy atom. The molecule has 8 rings (SSSR count). The van der Waals surface area contributed by atoms with E-state index in [-0.39, 0.29) is 81.7 Å². The van der Waals surface area contributed by atoms with Crippen LogP contribution in [0.5, 0.6) is 5.75 Å². The van der Waals surface area contributed by atoms with Crippen molar-refractivity contribution in [2.75, 3.05) is 14.1 Å². The van der Waals surface area contributed by atoms with E-state index in [1.54, 1.807) is 33.8 Å². The zero-order valence-electron chi connectivity index (χ0n) is 34.5. The molecule has 16 heteroatoms. The van der Waals surface area contributed by atoms with Crippen molar-refractivity contribution in [3.05, 3.63) is 73.6 Å². The summed E-state index contributed by atoms with van der Waals surface area (Å²) in [5.41, 5.74) is 3.87. The highest BCUT2D eigenvalue weighted by Crippen LogP contribution is 2.48. The second-order valence-electron chi connectivity index (χ2n) is 17.6. The van der Waals surface area contributed by atoms with E-state index in [1.807, 2.05) is 32.8 Å². The van der Waals surface area contributed by atoms with Gasteiger partial charge in [0, 0.05) is 47.2 Å². The van der Waals surface area contributed by atoms with Crippen molar-refractivity contribution < 1.29 is 62.9 Å². The van der Waals surface area contributed by atoms with Crippen LogP contribution in [0.1, 0.15) is 116 Å². The Kier molecular flexibility index (Phi) is 10.7. The van der Waals surface area contributed by atoms with Crippen LogP contribution in [0, 0.1) is 0 Å². The number of nitrogens with two attached hydrogens (primary N) is 1. The number of carbonyl (C=O) groups is 2. The van der Waals surface area contributed by atoms with Crippen molar-refractivity contribution in [2.24, 2.45) is 5.73 Å². The summed E-state index contributed by atoms with van der Waals surface area (Å²) in [4.78, 5) is 45.3. The highest BCUT2D eigenvalue weighted by Gasteiger charge is 2.53. The molecule has 5 heterocycles. The molecule has 0 unspecified atom stereocenters. The highest BCUT2D eigenvalue weighted by molar-refractivity contribution is 6.32. The Labute approximate surface area is 341 Å². The normalized spacial score (nSPS) is 38.4. The number of ether oxygens (including phenoxy) is 6. The third-order valence-corrected chi connectivity index (χ3v) is 13.1. The molecule has 1 aromatic heterocycles. The Hall–Kier alpha value is -3.65. The number of epoxide rings is 1. The van der Waals surface area contributed by atoms with Crippen LogP contribution < -0.4 is 11.2 Å². The minimum Gasteiger partial charge on any atom is -0.507 e. The van der Waals surface area contributed by atoms with Crippen LogP contribution in [0.3, 0.4) is 0 Å². The number of rotatable bonds is 8. The van der Waals surface area contributed by atoms with Gasteiger partial charge in [-0.25, -0.2) is 0 Å². The second kappa shape index (κ2) is 15.1. The highest BCUT2D eigenvalue weighted by atomic mass is 16.7. The van der Waals surface area contributed by atoms with Gasteiger partial charge in [-0.05, 0) is 79.8 Å². The predicted molar refractivity (Wildman–Crippen MR) is 209 cm³/mol.